The maximum Gasteiger partial charge on any atom is 0.339 e. The molecule has 0 saturated carbocycles. The Labute approximate surface area is 136 Å². The van der Waals surface area contributed by atoms with Crippen molar-refractivity contribution in [3.05, 3.63) is 72.3 Å². The molecule has 0 aromatic heterocycles. The van der Waals surface area contributed by atoms with Gasteiger partial charge in [0.1, 0.15) is 5.60 Å². The highest BCUT2D eigenvalue weighted by Crippen LogP contribution is 2.25. The lowest BCUT2D eigenvalue weighted by Gasteiger charge is -2.19. The standard InChI is InChI=1S/C21H19O2/c1-21(2,3)23-20(22)18-12-10-16-9-11-17(13-19(16)14-18)15-7-5-4-6-8-15/h4-11,13-14H,1-3H3. The van der Waals surface area contributed by atoms with Crippen LogP contribution in [0, 0.1) is 6.07 Å². The van der Waals surface area contributed by atoms with Gasteiger partial charge in [-0.1, -0.05) is 42.5 Å². The van der Waals surface area contributed by atoms with Gasteiger partial charge in [-0.25, -0.2) is 4.79 Å². The molecule has 115 valence electrons. The molecule has 0 aliphatic heterocycles. The number of esters is 1. The molecule has 0 atom stereocenters. The van der Waals surface area contributed by atoms with Crippen LogP contribution < -0.4 is 0 Å². The molecule has 0 amide bonds. The van der Waals surface area contributed by atoms with Crippen molar-refractivity contribution in [2.75, 3.05) is 0 Å². The molecular weight excluding hydrogens is 284 g/mol. The molecule has 3 rings (SSSR count). The first-order chi connectivity index (χ1) is 10.9. The Hall–Kier alpha value is -2.61. The second kappa shape index (κ2) is 5.88. The van der Waals surface area contributed by atoms with Gasteiger partial charge in [-0.05, 0) is 66.9 Å². The van der Waals surface area contributed by atoms with Crippen LogP contribution in [-0.2, 0) is 4.74 Å². The third-order valence-electron chi connectivity index (χ3n) is 3.50. The third-order valence-corrected chi connectivity index (χ3v) is 3.50. The summed E-state index contributed by atoms with van der Waals surface area (Å²) in [6.45, 7) is 5.58. The van der Waals surface area contributed by atoms with Crippen molar-refractivity contribution >= 4 is 16.7 Å². The fourth-order valence-electron chi connectivity index (χ4n) is 2.44. The first kappa shape index (κ1) is 15.3. The van der Waals surface area contributed by atoms with Crippen LogP contribution in [0.1, 0.15) is 31.1 Å². The van der Waals surface area contributed by atoms with Crippen LogP contribution in [0.15, 0.2) is 60.7 Å². The first-order valence-corrected chi connectivity index (χ1v) is 7.67. The minimum Gasteiger partial charge on any atom is -0.456 e. The van der Waals surface area contributed by atoms with E-state index in [1.165, 1.54) is 0 Å². The zero-order valence-electron chi connectivity index (χ0n) is 13.6. The van der Waals surface area contributed by atoms with Crippen molar-refractivity contribution in [1.29, 1.82) is 0 Å². The zero-order chi connectivity index (χ0) is 16.4. The molecule has 3 aromatic carbocycles. The summed E-state index contributed by atoms with van der Waals surface area (Å²) in [5.74, 6) is -0.343. The summed E-state index contributed by atoms with van der Waals surface area (Å²) in [7, 11) is 0. The van der Waals surface area contributed by atoms with Gasteiger partial charge in [-0.3, -0.25) is 0 Å². The van der Waals surface area contributed by atoms with Gasteiger partial charge in [-0.2, -0.15) is 0 Å². The van der Waals surface area contributed by atoms with E-state index in [1.54, 1.807) is 0 Å². The SMILES string of the molecule is CC(C)(C)OC(=O)c1[c]cc2ccc(-c3ccccc3)cc2c1. The van der Waals surface area contributed by atoms with E-state index in [0.717, 1.165) is 21.9 Å². The summed E-state index contributed by atoms with van der Waals surface area (Å²) in [6, 6.07) is 23.1. The van der Waals surface area contributed by atoms with E-state index in [9.17, 15) is 4.79 Å². The molecule has 23 heavy (non-hydrogen) atoms. The van der Waals surface area contributed by atoms with Gasteiger partial charge < -0.3 is 4.74 Å². The van der Waals surface area contributed by atoms with E-state index in [4.69, 9.17) is 4.74 Å². The lowest BCUT2D eigenvalue weighted by Crippen LogP contribution is -2.23. The van der Waals surface area contributed by atoms with Crippen molar-refractivity contribution in [2.24, 2.45) is 0 Å². The summed E-state index contributed by atoms with van der Waals surface area (Å²) >= 11 is 0. The number of fused-ring (bicyclic) bond motifs is 1. The summed E-state index contributed by atoms with van der Waals surface area (Å²) in [5.41, 5.74) is 2.23. The van der Waals surface area contributed by atoms with Crippen LogP contribution >= 0.6 is 0 Å². The Kier molecular flexibility index (Phi) is 3.91. The van der Waals surface area contributed by atoms with Crippen LogP contribution in [0.5, 0.6) is 0 Å². The van der Waals surface area contributed by atoms with E-state index >= 15 is 0 Å². The predicted molar refractivity (Wildman–Crippen MR) is 93.4 cm³/mol. The van der Waals surface area contributed by atoms with E-state index in [-0.39, 0.29) is 5.97 Å². The molecular formula is C21H19O2. The minimum absolute atomic E-state index is 0.343. The Morgan fingerprint density at radius 3 is 2.35 bits per heavy atom. The number of hydrogen-bond donors (Lipinski definition) is 0. The second-order valence-electron chi connectivity index (χ2n) is 6.56. The molecule has 1 radical (unpaired) electrons. The number of rotatable bonds is 2. The quantitative estimate of drug-likeness (QED) is 0.603. The van der Waals surface area contributed by atoms with Crippen LogP contribution in [0.3, 0.4) is 0 Å². The molecule has 0 aliphatic rings. The summed E-state index contributed by atoms with van der Waals surface area (Å²) in [4.78, 5) is 12.2. The average Bonchev–Trinajstić information content (AvgIpc) is 2.53. The molecule has 0 spiro atoms. The topological polar surface area (TPSA) is 26.3 Å². The largest absolute Gasteiger partial charge is 0.456 e. The monoisotopic (exact) mass is 303 g/mol. The normalized spacial score (nSPS) is 11.4. The van der Waals surface area contributed by atoms with Crippen molar-refractivity contribution < 1.29 is 9.53 Å². The number of ether oxygens (including phenoxy) is 1. The van der Waals surface area contributed by atoms with Crippen LogP contribution in [-0.4, -0.2) is 11.6 Å². The molecule has 2 nitrogen and oxygen atoms in total. The highest BCUT2D eigenvalue weighted by atomic mass is 16.6. The van der Waals surface area contributed by atoms with Crippen molar-refractivity contribution in [2.45, 2.75) is 26.4 Å². The van der Waals surface area contributed by atoms with Crippen molar-refractivity contribution in [3.63, 3.8) is 0 Å². The summed E-state index contributed by atoms with van der Waals surface area (Å²) in [6.07, 6.45) is 0. The zero-order valence-corrected chi connectivity index (χ0v) is 13.6. The molecule has 0 saturated heterocycles. The molecule has 0 aliphatic carbocycles. The third kappa shape index (κ3) is 3.59. The van der Waals surface area contributed by atoms with Crippen LogP contribution in [0.4, 0.5) is 0 Å². The van der Waals surface area contributed by atoms with Gasteiger partial charge in [0.15, 0.2) is 0 Å². The Balaban J connectivity index is 2.00. The van der Waals surface area contributed by atoms with Gasteiger partial charge in [0.2, 0.25) is 0 Å². The minimum atomic E-state index is -0.508. The van der Waals surface area contributed by atoms with E-state index in [0.29, 0.717) is 5.56 Å². The lowest BCUT2D eigenvalue weighted by atomic mass is 10.00. The van der Waals surface area contributed by atoms with Gasteiger partial charge in [0.05, 0.1) is 5.56 Å². The molecule has 0 heterocycles. The van der Waals surface area contributed by atoms with Crippen molar-refractivity contribution in [3.8, 4) is 11.1 Å². The van der Waals surface area contributed by atoms with Gasteiger partial charge in [0, 0.05) is 0 Å². The van der Waals surface area contributed by atoms with E-state index in [2.05, 4.69) is 30.3 Å². The van der Waals surface area contributed by atoms with Gasteiger partial charge in [-0.15, -0.1) is 0 Å². The highest BCUT2D eigenvalue weighted by molar-refractivity contribution is 5.96. The number of carbonyl (C=O) groups is 1. The average molecular weight is 303 g/mol. The van der Waals surface area contributed by atoms with E-state index in [1.807, 2.05) is 57.2 Å². The first-order valence-electron chi connectivity index (χ1n) is 7.67. The maximum atomic E-state index is 12.2. The summed E-state index contributed by atoms with van der Waals surface area (Å²) in [5, 5.41) is 2.06. The Morgan fingerprint density at radius 2 is 1.65 bits per heavy atom. The maximum absolute atomic E-state index is 12.2. The molecule has 0 N–H and O–H groups in total. The highest BCUT2D eigenvalue weighted by Gasteiger charge is 2.18. The molecule has 3 aromatic rings. The van der Waals surface area contributed by atoms with Gasteiger partial charge in [0.25, 0.3) is 0 Å². The molecule has 0 fully saturated rings. The van der Waals surface area contributed by atoms with Crippen molar-refractivity contribution in [1.82, 2.24) is 0 Å². The molecule has 0 bridgehead atoms. The Bertz CT molecular complexity index is 843. The fourth-order valence-corrected chi connectivity index (χ4v) is 2.44. The molecule has 0 unspecified atom stereocenters. The van der Waals surface area contributed by atoms with Crippen LogP contribution in [0.2, 0.25) is 0 Å². The van der Waals surface area contributed by atoms with E-state index < -0.39 is 5.60 Å². The lowest BCUT2D eigenvalue weighted by molar-refractivity contribution is 0.00693. The smallest absolute Gasteiger partial charge is 0.339 e. The fraction of sp³-hybridized carbons (Fsp3) is 0.190. The second-order valence-corrected chi connectivity index (χ2v) is 6.56. The Morgan fingerprint density at radius 1 is 0.913 bits per heavy atom. The number of hydrogen-bond acceptors (Lipinski definition) is 2. The van der Waals surface area contributed by atoms with Gasteiger partial charge >= 0.3 is 5.97 Å². The molecule has 2 heteroatoms. The van der Waals surface area contributed by atoms with Crippen LogP contribution in [0.25, 0.3) is 21.9 Å². The number of benzene rings is 3. The predicted octanol–water partition coefficient (Wildman–Crippen LogP) is 5.26. The summed E-state index contributed by atoms with van der Waals surface area (Å²) < 4.78 is 5.42. The number of carbonyl (C=O) groups excluding carboxylic acids is 1.